The molecule has 8 heteroatoms. The van der Waals surface area contributed by atoms with Crippen LogP contribution < -0.4 is 5.73 Å². The minimum atomic E-state index is -3.29. The van der Waals surface area contributed by atoms with Crippen molar-refractivity contribution in [2.45, 2.75) is 31.7 Å². The van der Waals surface area contributed by atoms with Crippen molar-refractivity contribution in [2.24, 2.45) is 11.7 Å². The maximum Gasteiger partial charge on any atom is 0.282 e. The number of likely N-dealkylation sites (tertiary alicyclic amines) is 1. The van der Waals surface area contributed by atoms with Gasteiger partial charge in [0.25, 0.3) is 10.2 Å². The molecule has 134 valence electrons. The molecule has 3 saturated heterocycles. The summed E-state index contributed by atoms with van der Waals surface area (Å²) in [6.07, 6.45) is 4.10. The summed E-state index contributed by atoms with van der Waals surface area (Å²) in [5.41, 5.74) is 5.95. The first kappa shape index (κ1) is 17.6. The zero-order valence-corrected chi connectivity index (χ0v) is 14.7. The van der Waals surface area contributed by atoms with E-state index < -0.39 is 10.2 Å². The molecule has 3 rings (SSSR count). The Bertz CT molecular complexity index is 465. The molecule has 0 radical (unpaired) electrons. The lowest BCUT2D eigenvalue weighted by Gasteiger charge is -2.38. The molecule has 23 heavy (non-hydrogen) atoms. The lowest BCUT2D eigenvalue weighted by atomic mass is 9.96. The molecule has 0 aromatic heterocycles. The largest absolute Gasteiger partial charge is 0.379 e. The average molecular weight is 346 g/mol. The van der Waals surface area contributed by atoms with Gasteiger partial charge >= 0.3 is 0 Å². The second kappa shape index (κ2) is 7.76. The van der Waals surface area contributed by atoms with Crippen molar-refractivity contribution in [1.82, 2.24) is 13.5 Å². The van der Waals surface area contributed by atoms with Crippen molar-refractivity contribution >= 4 is 10.2 Å². The summed E-state index contributed by atoms with van der Waals surface area (Å²) in [4.78, 5) is 2.50. The van der Waals surface area contributed by atoms with E-state index in [0.29, 0.717) is 51.4 Å². The number of hydrogen-bond acceptors (Lipinski definition) is 5. The topological polar surface area (TPSA) is 79.1 Å². The van der Waals surface area contributed by atoms with Crippen LogP contribution in [0.3, 0.4) is 0 Å². The first-order valence-electron chi connectivity index (χ1n) is 8.86. The van der Waals surface area contributed by atoms with Gasteiger partial charge in [0.15, 0.2) is 0 Å². The van der Waals surface area contributed by atoms with Crippen LogP contribution in [-0.2, 0) is 14.9 Å². The molecule has 3 fully saturated rings. The van der Waals surface area contributed by atoms with Crippen LogP contribution in [0.1, 0.15) is 25.7 Å². The van der Waals surface area contributed by atoms with E-state index in [1.165, 1.54) is 0 Å². The average Bonchev–Trinajstić information content (AvgIpc) is 2.58. The summed E-state index contributed by atoms with van der Waals surface area (Å²) in [5.74, 6) is 0.612. The number of rotatable bonds is 4. The van der Waals surface area contributed by atoms with Gasteiger partial charge in [0.05, 0.1) is 13.2 Å². The van der Waals surface area contributed by atoms with Crippen LogP contribution >= 0.6 is 0 Å². The summed E-state index contributed by atoms with van der Waals surface area (Å²) >= 11 is 0. The summed E-state index contributed by atoms with van der Waals surface area (Å²) in [6, 6.07) is 0.367. The molecular formula is C15H30N4O3S. The Morgan fingerprint density at radius 2 is 1.43 bits per heavy atom. The number of nitrogens with two attached hydrogens (primary N) is 1. The van der Waals surface area contributed by atoms with Crippen molar-refractivity contribution in [3.05, 3.63) is 0 Å². The highest BCUT2D eigenvalue weighted by molar-refractivity contribution is 7.86. The van der Waals surface area contributed by atoms with Crippen molar-refractivity contribution in [1.29, 1.82) is 0 Å². The van der Waals surface area contributed by atoms with Gasteiger partial charge < -0.3 is 15.4 Å². The molecular weight excluding hydrogens is 316 g/mol. The Balaban J connectivity index is 1.46. The van der Waals surface area contributed by atoms with Gasteiger partial charge in [-0.1, -0.05) is 0 Å². The van der Waals surface area contributed by atoms with E-state index >= 15 is 0 Å². The van der Waals surface area contributed by atoms with Gasteiger partial charge in [0.1, 0.15) is 0 Å². The fourth-order valence-corrected chi connectivity index (χ4v) is 5.37. The number of nitrogens with zero attached hydrogens (tertiary/aromatic N) is 3. The fourth-order valence-electron chi connectivity index (χ4n) is 3.76. The van der Waals surface area contributed by atoms with Gasteiger partial charge in [-0.15, -0.1) is 0 Å². The summed E-state index contributed by atoms with van der Waals surface area (Å²) in [5, 5.41) is 0. The van der Waals surface area contributed by atoms with E-state index in [4.69, 9.17) is 10.5 Å². The van der Waals surface area contributed by atoms with E-state index in [-0.39, 0.29) is 0 Å². The Morgan fingerprint density at radius 1 is 0.870 bits per heavy atom. The third-order valence-corrected chi connectivity index (χ3v) is 7.38. The molecule has 0 amide bonds. The second-order valence-electron chi connectivity index (χ2n) is 7.00. The summed E-state index contributed by atoms with van der Waals surface area (Å²) < 4.78 is 33.8. The molecule has 3 heterocycles. The standard InChI is InChI=1S/C15H30N4O3S/c16-15-3-5-17(6-4-15)13-14-1-7-18(8-2-14)23(20,21)19-9-11-22-12-10-19/h14-15H,1-13,16H2. The first-order chi connectivity index (χ1) is 11.1. The van der Waals surface area contributed by atoms with E-state index in [0.717, 1.165) is 45.3 Å². The number of hydrogen-bond donors (Lipinski definition) is 1. The molecule has 3 aliphatic rings. The maximum atomic E-state index is 12.6. The molecule has 0 atom stereocenters. The third-order valence-electron chi connectivity index (χ3n) is 5.34. The van der Waals surface area contributed by atoms with Crippen molar-refractivity contribution < 1.29 is 13.2 Å². The Labute approximate surface area is 139 Å². The predicted octanol–water partition coefficient (Wildman–Crippen LogP) is -0.301. The van der Waals surface area contributed by atoms with Crippen molar-refractivity contribution in [3.8, 4) is 0 Å². The van der Waals surface area contributed by atoms with Crippen molar-refractivity contribution in [2.75, 3.05) is 59.0 Å². The van der Waals surface area contributed by atoms with Crippen LogP contribution in [0.2, 0.25) is 0 Å². The van der Waals surface area contributed by atoms with Gasteiger partial charge in [-0.3, -0.25) is 0 Å². The zero-order chi connectivity index (χ0) is 16.3. The van der Waals surface area contributed by atoms with Crippen LogP contribution in [0.25, 0.3) is 0 Å². The van der Waals surface area contributed by atoms with E-state index in [9.17, 15) is 8.42 Å². The zero-order valence-electron chi connectivity index (χ0n) is 13.9. The monoisotopic (exact) mass is 346 g/mol. The van der Waals surface area contributed by atoms with Crippen LogP contribution in [-0.4, -0.2) is 87.0 Å². The van der Waals surface area contributed by atoms with E-state index in [1.54, 1.807) is 8.61 Å². The minimum absolute atomic E-state index is 0.367. The number of piperidine rings is 2. The third kappa shape index (κ3) is 4.43. The van der Waals surface area contributed by atoms with Crippen LogP contribution in [0.15, 0.2) is 0 Å². The summed E-state index contributed by atoms with van der Waals surface area (Å²) in [7, 11) is -3.29. The molecule has 0 bridgehead atoms. The molecule has 0 unspecified atom stereocenters. The normalized spacial score (nSPS) is 28.2. The highest BCUT2D eigenvalue weighted by atomic mass is 32.2. The van der Waals surface area contributed by atoms with Gasteiger partial charge in [-0.2, -0.15) is 17.0 Å². The molecule has 3 aliphatic heterocycles. The van der Waals surface area contributed by atoms with E-state index in [2.05, 4.69) is 4.90 Å². The number of ether oxygens (including phenoxy) is 1. The molecule has 0 aliphatic carbocycles. The van der Waals surface area contributed by atoms with E-state index in [1.807, 2.05) is 0 Å². The SMILES string of the molecule is NC1CCN(CC2CCN(S(=O)(=O)N3CCOCC3)CC2)CC1. The highest BCUT2D eigenvalue weighted by Gasteiger charge is 2.34. The van der Waals surface area contributed by atoms with Crippen LogP contribution in [0, 0.1) is 5.92 Å². The van der Waals surface area contributed by atoms with Gasteiger partial charge in [-0.25, -0.2) is 0 Å². The Morgan fingerprint density at radius 3 is 2.04 bits per heavy atom. The molecule has 7 nitrogen and oxygen atoms in total. The molecule has 0 aromatic carbocycles. The highest BCUT2D eigenvalue weighted by Crippen LogP contribution is 2.23. The van der Waals surface area contributed by atoms with Gasteiger partial charge in [0, 0.05) is 38.8 Å². The lowest BCUT2D eigenvalue weighted by Crippen LogP contribution is -2.51. The molecule has 0 saturated carbocycles. The van der Waals surface area contributed by atoms with Crippen LogP contribution in [0.4, 0.5) is 0 Å². The number of morpholine rings is 1. The van der Waals surface area contributed by atoms with Crippen molar-refractivity contribution in [3.63, 3.8) is 0 Å². The molecule has 2 N–H and O–H groups in total. The first-order valence-corrected chi connectivity index (χ1v) is 10.3. The Kier molecular flexibility index (Phi) is 5.92. The summed E-state index contributed by atoms with van der Waals surface area (Å²) in [6.45, 7) is 6.56. The van der Waals surface area contributed by atoms with Crippen LogP contribution in [0.5, 0.6) is 0 Å². The predicted molar refractivity (Wildman–Crippen MR) is 89.3 cm³/mol. The second-order valence-corrected chi connectivity index (χ2v) is 8.93. The maximum absolute atomic E-state index is 12.6. The fraction of sp³-hybridized carbons (Fsp3) is 1.00. The van der Waals surface area contributed by atoms with Gasteiger partial charge in [0.2, 0.25) is 0 Å². The van der Waals surface area contributed by atoms with Gasteiger partial charge in [-0.05, 0) is 44.7 Å². The molecule has 0 spiro atoms. The molecule has 0 aromatic rings. The quantitative estimate of drug-likeness (QED) is 0.756. The smallest absolute Gasteiger partial charge is 0.282 e. The Hall–Kier alpha value is -0.250. The lowest BCUT2D eigenvalue weighted by molar-refractivity contribution is 0.0688. The minimum Gasteiger partial charge on any atom is -0.379 e.